The van der Waals surface area contributed by atoms with Crippen LogP contribution in [0.3, 0.4) is 0 Å². The maximum atomic E-state index is 12.8. The van der Waals surface area contributed by atoms with Gasteiger partial charge in [0.25, 0.3) is 5.56 Å². The second kappa shape index (κ2) is 9.18. The molecule has 1 N–H and O–H groups in total. The second-order valence-electron chi connectivity index (χ2n) is 7.36. The molecule has 1 fully saturated rings. The number of fused-ring (bicyclic) bond motifs is 1. The number of halogens is 1. The van der Waals surface area contributed by atoms with Crippen molar-refractivity contribution in [1.29, 1.82) is 0 Å². The van der Waals surface area contributed by atoms with Crippen LogP contribution in [0.2, 0.25) is 5.02 Å². The van der Waals surface area contributed by atoms with E-state index in [1.807, 2.05) is 6.07 Å². The molecule has 2 aromatic carbocycles. The van der Waals surface area contributed by atoms with Crippen LogP contribution in [0.25, 0.3) is 10.9 Å². The molecule has 1 aliphatic heterocycles. The number of hydrogen-bond acceptors (Lipinski definition) is 4. The number of carbonyl (C=O) groups is 2. The molecule has 160 valence electrons. The van der Waals surface area contributed by atoms with Gasteiger partial charge in [0.05, 0.1) is 17.2 Å². The SMILES string of the molecule is O=C(Cn1cnc2ccccc2c1=O)N1CCCN(C(=O)Nc2cccc(Cl)c2)CC1. The highest BCUT2D eigenvalue weighted by atomic mass is 35.5. The Kier molecular flexibility index (Phi) is 6.18. The predicted molar refractivity (Wildman–Crippen MR) is 119 cm³/mol. The van der Waals surface area contributed by atoms with Crippen LogP contribution in [-0.2, 0) is 11.3 Å². The van der Waals surface area contributed by atoms with Crippen LogP contribution in [-0.4, -0.2) is 57.5 Å². The molecule has 0 unspecified atom stereocenters. The van der Waals surface area contributed by atoms with Crippen molar-refractivity contribution in [3.05, 3.63) is 70.2 Å². The standard InChI is InChI=1S/C22H22ClN5O3/c23-16-5-3-6-17(13-16)25-22(31)27-10-4-9-26(11-12-27)20(29)14-28-15-24-19-8-2-1-7-18(19)21(28)30/h1-3,5-8,13,15H,4,9-12,14H2,(H,25,31). The third-order valence-electron chi connectivity index (χ3n) is 5.25. The number of carbonyl (C=O) groups excluding carboxylic acids is 2. The Balaban J connectivity index is 1.38. The van der Waals surface area contributed by atoms with E-state index in [0.29, 0.717) is 54.2 Å². The molecule has 1 aromatic heterocycles. The number of anilines is 1. The molecule has 1 aliphatic rings. The third kappa shape index (κ3) is 4.86. The summed E-state index contributed by atoms with van der Waals surface area (Å²) in [6.07, 6.45) is 2.06. The van der Waals surface area contributed by atoms with E-state index >= 15 is 0 Å². The van der Waals surface area contributed by atoms with Gasteiger partial charge in [0.1, 0.15) is 6.54 Å². The molecule has 4 rings (SSSR count). The van der Waals surface area contributed by atoms with Crippen molar-refractivity contribution in [2.45, 2.75) is 13.0 Å². The molecule has 1 saturated heterocycles. The summed E-state index contributed by atoms with van der Waals surface area (Å²) in [7, 11) is 0. The topological polar surface area (TPSA) is 87.5 Å². The maximum Gasteiger partial charge on any atom is 0.321 e. The zero-order valence-corrected chi connectivity index (χ0v) is 17.6. The lowest BCUT2D eigenvalue weighted by molar-refractivity contribution is -0.131. The van der Waals surface area contributed by atoms with Crippen LogP contribution in [0.4, 0.5) is 10.5 Å². The van der Waals surface area contributed by atoms with Gasteiger partial charge in [0.15, 0.2) is 0 Å². The highest BCUT2D eigenvalue weighted by Gasteiger charge is 2.22. The number of benzene rings is 2. The lowest BCUT2D eigenvalue weighted by atomic mass is 10.2. The molecular formula is C22H22ClN5O3. The summed E-state index contributed by atoms with van der Waals surface area (Å²) in [5.74, 6) is -0.170. The molecule has 2 heterocycles. The van der Waals surface area contributed by atoms with Gasteiger partial charge < -0.3 is 15.1 Å². The van der Waals surface area contributed by atoms with Gasteiger partial charge in [0, 0.05) is 36.9 Å². The molecule has 0 spiro atoms. The first kappa shape index (κ1) is 20.9. The first-order chi connectivity index (χ1) is 15.0. The van der Waals surface area contributed by atoms with E-state index in [9.17, 15) is 14.4 Å². The predicted octanol–water partition coefficient (Wildman–Crippen LogP) is 2.82. The fourth-order valence-electron chi connectivity index (χ4n) is 3.60. The zero-order chi connectivity index (χ0) is 21.8. The summed E-state index contributed by atoms with van der Waals surface area (Å²) in [6, 6.07) is 13.8. The van der Waals surface area contributed by atoms with Crippen molar-refractivity contribution in [2.24, 2.45) is 0 Å². The minimum Gasteiger partial charge on any atom is -0.339 e. The summed E-state index contributed by atoms with van der Waals surface area (Å²) in [4.78, 5) is 45.7. The average Bonchev–Trinajstić information content (AvgIpc) is 3.02. The normalized spacial score (nSPS) is 14.4. The monoisotopic (exact) mass is 439 g/mol. The Labute approximate surface area is 184 Å². The molecule has 3 aromatic rings. The highest BCUT2D eigenvalue weighted by molar-refractivity contribution is 6.30. The summed E-state index contributed by atoms with van der Waals surface area (Å²) in [5, 5.41) is 3.86. The van der Waals surface area contributed by atoms with Crippen LogP contribution in [0.5, 0.6) is 0 Å². The first-order valence-corrected chi connectivity index (χ1v) is 10.4. The number of rotatable bonds is 3. The molecule has 9 heteroatoms. The van der Waals surface area contributed by atoms with Gasteiger partial charge in [-0.2, -0.15) is 0 Å². The number of amides is 3. The molecule has 3 amide bonds. The number of nitrogens with zero attached hydrogens (tertiary/aromatic N) is 4. The van der Waals surface area contributed by atoms with Crippen molar-refractivity contribution in [1.82, 2.24) is 19.4 Å². The van der Waals surface area contributed by atoms with Gasteiger partial charge >= 0.3 is 6.03 Å². The van der Waals surface area contributed by atoms with Crippen molar-refractivity contribution in [3.8, 4) is 0 Å². The van der Waals surface area contributed by atoms with E-state index in [0.717, 1.165) is 0 Å². The van der Waals surface area contributed by atoms with Crippen molar-refractivity contribution < 1.29 is 9.59 Å². The molecule has 0 radical (unpaired) electrons. The second-order valence-corrected chi connectivity index (χ2v) is 7.79. The Bertz CT molecular complexity index is 1180. The van der Waals surface area contributed by atoms with Crippen molar-refractivity contribution in [2.75, 3.05) is 31.5 Å². The third-order valence-corrected chi connectivity index (χ3v) is 5.48. The van der Waals surface area contributed by atoms with Crippen LogP contribution >= 0.6 is 11.6 Å². The molecule has 8 nitrogen and oxygen atoms in total. The van der Waals surface area contributed by atoms with Crippen LogP contribution in [0.15, 0.2) is 59.7 Å². The fraction of sp³-hybridized carbons (Fsp3) is 0.273. The maximum absolute atomic E-state index is 12.8. The van der Waals surface area contributed by atoms with Crippen molar-refractivity contribution in [3.63, 3.8) is 0 Å². The lowest BCUT2D eigenvalue weighted by Gasteiger charge is -2.23. The lowest BCUT2D eigenvalue weighted by Crippen LogP contribution is -2.41. The van der Waals surface area contributed by atoms with Gasteiger partial charge in [-0.3, -0.25) is 14.2 Å². The summed E-state index contributed by atoms with van der Waals surface area (Å²) >= 11 is 5.97. The number of aromatic nitrogens is 2. The average molecular weight is 440 g/mol. The molecule has 0 atom stereocenters. The largest absolute Gasteiger partial charge is 0.339 e. The van der Waals surface area contributed by atoms with E-state index < -0.39 is 0 Å². The van der Waals surface area contributed by atoms with E-state index in [4.69, 9.17) is 11.6 Å². The molecule has 0 aliphatic carbocycles. The van der Waals surface area contributed by atoms with Gasteiger partial charge in [-0.25, -0.2) is 9.78 Å². The number of nitrogens with one attached hydrogen (secondary N) is 1. The zero-order valence-electron chi connectivity index (χ0n) is 16.8. The van der Waals surface area contributed by atoms with Crippen molar-refractivity contribution >= 4 is 40.1 Å². The fourth-order valence-corrected chi connectivity index (χ4v) is 3.79. The molecular weight excluding hydrogens is 418 g/mol. The Morgan fingerprint density at radius 1 is 1.00 bits per heavy atom. The van der Waals surface area contributed by atoms with Crippen LogP contribution in [0, 0.1) is 0 Å². The Hall–Kier alpha value is -3.39. The number of hydrogen-bond donors (Lipinski definition) is 1. The van der Waals surface area contributed by atoms with Gasteiger partial charge in [-0.1, -0.05) is 29.8 Å². The Morgan fingerprint density at radius 2 is 1.77 bits per heavy atom. The number of urea groups is 1. The summed E-state index contributed by atoms with van der Waals surface area (Å²) < 4.78 is 1.33. The molecule has 0 saturated carbocycles. The van der Waals surface area contributed by atoms with E-state index in [1.165, 1.54) is 10.9 Å². The smallest absolute Gasteiger partial charge is 0.321 e. The minimum absolute atomic E-state index is 0.0780. The van der Waals surface area contributed by atoms with E-state index in [2.05, 4.69) is 10.3 Å². The number of para-hydroxylation sites is 1. The Morgan fingerprint density at radius 3 is 2.61 bits per heavy atom. The molecule has 0 bridgehead atoms. The first-order valence-electron chi connectivity index (χ1n) is 10.0. The van der Waals surface area contributed by atoms with Gasteiger partial charge in [0.2, 0.25) is 5.91 Å². The van der Waals surface area contributed by atoms with Gasteiger partial charge in [-0.15, -0.1) is 0 Å². The minimum atomic E-state index is -0.240. The molecule has 31 heavy (non-hydrogen) atoms. The van der Waals surface area contributed by atoms with E-state index in [1.54, 1.807) is 52.3 Å². The summed E-state index contributed by atoms with van der Waals surface area (Å²) in [5.41, 5.74) is 0.987. The quantitative estimate of drug-likeness (QED) is 0.679. The van der Waals surface area contributed by atoms with E-state index in [-0.39, 0.29) is 24.0 Å². The van der Waals surface area contributed by atoms with Gasteiger partial charge in [-0.05, 0) is 36.8 Å². The summed E-state index contributed by atoms with van der Waals surface area (Å²) in [6.45, 7) is 1.79. The van der Waals surface area contributed by atoms with Crippen LogP contribution in [0.1, 0.15) is 6.42 Å². The highest BCUT2D eigenvalue weighted by Crippen LogP contribution is 2.16. The van der Waals surface area contributed by atoms with Crippen LogP contribution < -0.4 is 10.9 Å².